The van der Waals surface area contributed by atoms with Gasteiger partial charge in [0.2, 0.25) is 5.95 Å². The van der Waals surface area contributed by atoms with Crippen molar-refractivity contribution in [3.05, 3.63) is 47.7 Å². The zero-order valence-corrected chi connectivity index (χ0v) is 16.9. The molecular weight excluding hydrogens is 382 g/mol. The van der Waals surface area contributed by atoms with Gasteiger partial charge in [0.05, 0.1) is 23.3 Å². The highest BCUT2D eigenvalue weighted by Gasteiger charge is 2.35. The van der Waals surface area contributed by atoms with Gasteiger partial charge in [-0.05, 0) is 50.5 Å². The minimum Gasteiger partial charge on any atom is -0.391 e. The van der Waals surface area contributed by atoms with E-state index in [0.29, 0.717) is 24.6 Å². The van der Waals surface area contributed by atoms with Crippen molar-refractivity contribution in [1.82, 2.24) is 9.97 Å². The van der Waals surface area contributed by atoms with E-state index in [1.165, 1.54) is 6.20 Å². The Labute approximate surface area is 175 Å². The molecule has 2 aromatic rings. The fourth-order valence-corrected chi connectivity index (χ4v) is 4.49. The number of anilines is 2. The lowest BCUT2D eigenvalue weighted by Gasteiger charge is -2.36. The summed E-state index contributed by atoms with van der Waals surface area (Å²) in [5.74, 6) is 0.148. The quantitative estimate of drug-likeness (QED) is 0.492. The van der Waals surface area contributed by atoms with Crippen LogP contribution in [-0.4, -0.2) is 44.3 Å². The van der Waals surface area contributed by atoms with Gasteiger partial charge in [-0.1, -0.05) is 30.3 Å². The van der Waals surface area contributed by atoms with Gasteiger partial charge in [0, 0.05) is 12.2 Å². The number of aliphatic hydroxyl groups excluding tert-OH is 1. The molecule has 160 valence electrons. The van der Waals surface area contributed by atoms with Crippen molar-refractivity contribution in [3.63, 3.8) is 0 Å². The highest BCUT2D eigenvalue weighted by Crippen LogP contribution is 2.37. The van der Waals surface area contributed by atoms with Crippen molar-refractivity contribution in [2.24, 2.45) is 5.73 Å². The maximum Gasteiger partial charge on any atom is 0.254 e. The Morgan fingerprint density at radius 2 is 1.83 bits per heavy atom. The van der Waals surface area contributed by atoms with Gasteiger partial charge >= 0.3 is 0 Å². The molecule has 0 radical (unpaired) electrons. The van der Waals surface area contributed by atoms with Crippen LogP contribution in [0.2, 0.25) is 0 Å². The molecule has 2 aliphatic carbocycles. The lowest BCUT2D eigenvalue weighted by Crippen LogP contribution is -2.36. The van der Waals surface area contributed by atoms with Crippen LogP contribution < -0.4 is 16.4 Å². The van der Waals surface area contributed by atoms with Crippen LogP contribution in [0.3, 0.4) is 0 Å². The minimum atomic E-state index is -0.804. The zero-order valence-electron chi connectivity index (χ0n) is 16.9. The number of nitrogens with one attached hydrogen (secondary N) is 2. The molecule has 1 amide bonds. The summed E-state index contributed by atoms with van der Waals surface area (Å²) in [5, 5.41) is 27.6. The van der Waals surface area contributed by atoms with Crippen LogP contribution in [0.25, 0.3) is 0 Å². The number of rotatable bonds is 6. The number of aromatic nitrogens is 2. The number of hydrogen-bond acceptors (Lipinski definition) is 7. The normalized spacial score (nSPS) is 28.8. The summed E-state index contributed by atoms with van der Waals surface area (Å²) in [7, 11) is 0. The molecule has 8 nitrogen and oxygen atoms in total. The Balaban J connectivity index is 1.43. The fourth-order valence-electron chi connectivity index (χ4n) is 4.49. The molecule has 2 saturated carbocycles. The Morgan fingerprint density at radius 3 is 2.47 bits per heavy atom. The number of carbonyl (C=O) groups excluding carboxylic acids is 1. The second kappa shape index (κ2) is 8.57. The van der Waals surface area contributed by atoms with Gasteiger partial charge in [-0.3, -0.25) is 4.79 Å². The molecule has 6 N–H and O–H groups in total. The zero-order chi connectivity index (χ0) is 21.1. The van der Waals surface area contributed by atoms with Crippen molar-refractivity contribution < 1.29 is 15.0 Å². The first-order chi connectivity index (χ1) is 14.4. The molecule has 4 rings (SSSR count). The van der Waals surface area contributed by atoms with E-state index < -0.39 is 17.6 Å². The van der Waals surface area contributed by atoms with E-state index in [-0.39, 0.29) is 17.6 Å². The van der Waals surface area contributed by atoms with E-state index in [1.807, 2.05) is 30.3 Å². The van der Waals surface area contributed by atoms with Crippen LogP contribution in [-0.2, 0) is 5.60 Å². The van der Waals surface area contributed by atoms with Gasteiger partial charge in [0.1, 0.15) is 5.82 Å². The highest BCUT2D eigenvalue weighted by atomic mass is 16.3. The second-order valence-corrected chi connectivity index (χ2v) is 8.39. The van der Waals surface area contributed by atoms with Crippen molar-refractivity contribution in [2.45, 2.75) is 68.7 Å². The van der Waals surface area contributed by atoms with Crippen molar-refractivity contribution in [1.29, 1.82) is 0 Å². The monoisotopic (exact) mass is 411 g/mol. The number of nitrogens with zero attached hydrogens (tertiary/aromatic N) is 2. The Bertz CT molecular complexity index is 884. The van der Waals surface area contributed by atoms with E-state index in [1.54, 1.807) is 0 Å². The van der Waals surface area contributed by atoms with Crippen LogP contribution >= 0.6 is 0 Å². The molecule has 0 saturated heterocycles. The summed E-state index contributed by atoms with van der Waals surface area (Å²) in [5.41, 5.74) is 5.83. The first-order valence-corrected chi connectivity index (χ1v) is 10.6. The van der Waals surface area contributed by atoms with E-state index in [4.69, 9.17) is 5.73 Å². The number of primary amides is 1. The number of nitrogens with two attached hydrogens (primary N) is 1. The number of carbonyl (C=O) groups is 1. The summed E-state index contributed by atoms with van der Waals surface area (Å²) in [6.45, 7) is 0. The third-order valence-corrected chi connectivity index (χ3v) is 6.31. The first-order valence-electron chi connectivity index (χ1n) is 10.6. The summed E-state index contributed by atoms with van der Waals surface area (Å²) in [4.78, 5) is 20.5. The van der Waals surface area contributed by atoms with Crippen LogP contribution in [0, 0.1) is 0 Å². The topological polar surface area (TPSA) is 133 Å². The number of amides is 1. The minimum absolute atomic E-state index is 0.123. The summed E-state index contributed by atoms with van der Waals surface area (Å²) in [6.07, 6.45) is 6.26. The second-order valence-electron chi connectivity index (χ2n) is 8.39. The van der Waals surface area contributed by atoms with Crippen molar-refractivity contribution >= 4 is 17.7 Å². The standard InChI is InChI=1S/C22H29N5O3/c23-19(29)16-13-24-21(27-20(16)26-17-7-4-8-18(17)28)25-15-9-11-22(30,12-10-15)14-5-2-1-3-6-14/h1-3,5-6,13,15,17-18,28,30H,4,7-12H2,(H2,23,29)(H2,24,25,26,27)/t15-,17?,18-,22+/m0/s1. The Morgan fingerprint density at radius 1 is 1.10 bits per heavy atom. The average Bonchev–Trinajstić information content (AvgIpc) is 3.15. The molecule has 2 atom stereocenters. The Hall–Kier alpha value is -2.71. The Kier molecular flexibility index (Phi) is 5.87. The molecule has 2 fully saturated rings. The highest BCUT2D eigenvalue weighted by molar-refractivity contribution is 5.97. The average molecular weight is 412 g/mol. The molecule has 2 aliphatic rings. The molecule has 8 heteroatoms. The van der Waals surface area contributed by atoms with Gasteiger partial charge < -0.3 is 26.6 Å². The molecular formula is C22H29N5O3. The van der Waals surface area contributed by atoms with E-state index >= 15 is 0 Å². The van der Waals surface area contributed by atoms with Crippen LogP contribution in [0.4, 0.5) is 11.8 Å². The maximum absolute atomic E-state index is 11.8. The summed E-state index contributed by atoms with van der Waals surface area (Å²) in [6, 6.07) is 9.75. The summed E-state index contributed by atoms with van der Waals surface area (Å²) >= 11 is 0. The largest absolute Gasteiger partial charge is 0.391 e. The van der Waals surface area contributed by atoms with Crippen molar-refractivity contribution in [2.75, 3.05) is 10.6 Å². The SMILES string of the molecule is NC(=O)c1cnc(N[C@H]2CC[C@](O)(c3ccccc3)CC2)nc1NC1CCC[C@@H]1O. The lowest BCUT2D eigenvalue weighted by molar-refractivity contribution is -0.00337. The van der Waals surface area contributed by atoms with Crippen molar-refractivity contribution in [3.8, 4) is 0 Å². The van der Waals surface area contributed by atoms with E-state index in [2.05, 4.69) is 20.6 Å². The molecule has 1 unspecified atom stereocenters. The van der Waals surface area contributed by atoms with Gasteiger partial charge in [-0.25, -0.2) is 4.98 Å². The fraction of sp³-hybridized carbons (Fsp3) is 0.500. The molecule has 1 aromatic heterocycles. The molecule has 0 spiro atoms. The lowest BCUT2D eigenvalue weighted by atomic mass is 9.78. The molecule has 30 heavy (non-hydrogen) atoms. The van der Waals surface area contributed by atoms with Crippen LogP contribution in [0.1, 0.15) is 60.9 Å². The van der Waals surface area contributed by atoms with Gasteiger partial charge in [0.15, 0.2) is 0 Å². The molecule has 0 aliphatic heterocycles. The van der Waals surface area contributed by atoms with Gasteiger partial charge in [-0.2, -0.15) is 4.98 Å². The number of aliphatic hydroxyl groups is 2. The van der Waals surface area contributed by atoms with Gasteiger partial charge in [-0.15, -0.1) is 0 Å². The van der Waals surface area contributed by atoms with Gasteiger partial charge in [0.25, 0.3) is 5.91 Å². The third kappa shape index (κ3) is 4.39. The molecule has 1 aromatic carbocycles. The van der Waals surface area contributed by atoms with Crippen LogP contribution in [0.15, 0.2) is 36.5 Å². The first kappa shape index (κ1) is 20.6. The smallest absolute Gasteiger partial charge is 0.254 e. The predicted octanol–water partition coefficient (Wildman–Crippen LogP) is 2.14. The van der Waals surface area contributed by atoms with Crippen LogP contribution in [0.5, 0.6) is 0 Å². The third-order valence-electron chi connectivity index (χ3n) is 6.31. The number of benzene rings is 1. The molecule has 0 bridgehead atoms. The van der Waals surface area contributed by atoms with E-state index in [0.717, 1.165) is 37.7 Å². The van der Waals surface area contributed by atoms with E-state index in [9.17, 15) is 15.0 Å². The number of hydrogen-bond donors (Lipinski definition) is 5. The summed E-state index contributed by atoms with van der Waals surface area (Å²) < 4.78 is 0. The maximum atomic E-state index is 11.8. The predicted molar refractivity (Wildman–Crippen MR) is 114 cm³/mol. The molecule has 1 heterocycles.